The van der Waals surface area contributed by atoms with Crippen molar-refractivity contribution in [2.24, 2.45) is 17.8 Å². The maximum Gasteiger partial charge on any atom is 0.320 e. The van der Waals surface area contributed by atoms with Crippen LogP contribution in [0.25, 0.3) is 0 Å². The molecule has 3 aromatic rings. The number of hydrogen-bond donors (Lipinski definition) is 1. The lowest BCUT2D eigenvalue weighted by Gasteiger charge is -2.56. The molecule has 7 rings (SSSR count). The largest absolute Gasteiger partial charge is 0.320 e. The number of benzene rings is 1. The first-order chi connectivity index (χ1) is 17.6. The molecule has 0 saturated heterocycles. The molecule has 4 saturated carbocycles. The molecule has 11 heteroatoms. The van der Waals surface area contributed by atoms with Crippen LogP contribution in [0.1, 0.15) is 66.0 Å². The standard InChI is InChI=1S/C26H28Cl2N6O3/c1-14-23(15(2)32(30-14)12-19-3-4-20(27)8-21(19)28)29-25(35)24-22(34(36)37)13-33(31-24)26-9-16-5-17(10-26)7-18(6-16)11-26/h3-4,8,13,16-18H,5-7,9-12H2,1-2H3,(H,29,35). The van der Waals surface area contributed by atoms with Crippen LogP contribution in [0.3, 0.4) is 0 Å². The van der Waals surface area contributed by atoms with E-state index in [4.69, 9.17) is 23.2 Å². The highest BCUT2D eigenvalue weighted by Crippen LogP contribution is 2.58. The lowest BCUT2D eigenvalue weighted by molar-refractivity contribution is -0.385. The van der Waals surface area contributed by atoms with Crippen LogP contribution in [0.2, 0.25) is 10.0 Å². The number of carbonyl (C=O) groups is 1. The van der Waals surface area contributed by atoms with Gasteiger partial charge in [-0.15, -0.1) is 0 Å². The number of aromatic nitrogens is 4. The van der Waals surface area contributed by atoms with Gasteiger partial charge in [-0.2, -0.15) is 10.2 Å². The second-order valence-electron chi connectivity index (χ2n) is 11.1. The molecule has 4 fully saturated rings. The number of anilines is 1. The monoisotopic (exact) mass is 542 g/mol. The van der Waals surface area contributed by atoms with Crippen molar-refractivity contribution in [3.05, 3.63) is 67.2 Å². The summed E-state index contributed by atoms with van der Waals surface area (Å²) in [7, 11) is 0. The number of carbonyl (C=O) groups excluding carboxylic acids is 1. The smallest absolute Gasteiger partial charge is 0.317 e. The molecule has 194 valence electrons. The minimum Gasteiger partial charge on any atom is -0.317 e. The van der Waals surface area contributed by atoms with E-state index in [0.717, 1.165) is 24.8 Å². The first-order valence-electron chi connectivity index (χ1n) is 12.7. The molecule has 0 spiro atoms. The van der Waals surface area contributed by atoms with E-state index in [2.05, 4.69) is 15.5 Å². The average Bonchev–Trinajstić information content (AvgIpc) is 3.39. The molecular formula is C26H28Cl2N6O3. The van der Waals surface area contributed by atoms with Crippen molar-refractivity contribution in [3.63, 3.8) is 0 Å². The zero-order chi connectivity index (χ0) is 26.1. The summed E-state index contributed by atoms with van der Waals surface area (Å²) >= 11 is 12.3. The van der Waals surface area contributed by atoms with E-state index < -0.39 is 10.8 Å². The summed E-state index contributed by atoms with van der Waals surface area (Å²) in [6, 6.07) is 5.27. The molecular weight excluding hydrogens is 515 g/mol. The van der Waals surface area contributed by atoms with Crippen molar-refractivity contribution < 1.29 is 9.72 Å². The van der Waals surface area contributed by atoms with Crippen LogP contribution in [-0.2, 0) is 12.1 Å². The fraction of sp³-hybridized carbons (Fsp3) is 0.500. The molecule has 0 unspecified atom stereocenters. The van der Waals surface area contributed by atoms with E-state index >= 15 is 0 Å². The highest BCUT2D eigenvalue weighted by atomic mass is 35.5. The molecule has 1 N–H and O–H groups in total. The van der Waals surface area contributed by atoms with Gasteiger partial charge in [-0.05, 0) is 87.8 Å². The number of nitro groups is 1. The number of amides is 1. The van der Waals surface area contributed by atoms with Gasteiger partial charge in [0, 0.05) is 10.0 Å². The second kappa shape index (κ2) is 8.84. The number of rotatable bonds is 6. The maximum absolute atomic E-state index is 13.4. The van der Waals surface area contributed by atoms with E-state index in [0.29, 0.717) is 51.4 Å². The Morgan fingerprint density at radius 2 is 1.78 bits per heavy atom. The minimum atomic E-state index is -0.606. The molecule has 0 aliphatic heterocycles. The third-order valence-corrected chi connectivity index (χ3v) is 9.14. The quantitative estimate of drug-likeness (QED) is 0.297. The van der Waals surface area contributed by atoms with E-state index in [1.54, 1.807) is 28.4 Å². The molecule has 2 heterocycles. The summed E-state index contributed by atoms with van der Waals surface area (Å²) in [5.74, 6) is 1.34. The van der Waals surface area contributed by atoms with Gasteiger partial charge in [-0.3, -0.25) is 24.3 Å². The summed E-state index contributed by atoms with van der Waals surface area (Å²) in [5, 5.41) is 25.0. The Bertz CT molecular complexity index is 1390. The van der Waals surface area contributed by atoms with Crippen LogP contribution in [0.5, 0.6) is 0 Å². The summed E-state index contributed by atoms with van der Waals surface area (Å²) in [5.41, 5.74) is 2.01. The highest BCUT2D eigenvalue weighted by molar-refractivity contribution is 6.35. The summed E-state index contributed by atoms with van der Waals surface area (Å²) < 4.78 is 3.50. The van der Waals surface area contributed by atoms with E-state index in [1.807, 2.05) is 13.0 Å². The van der Waals surface area contributed by atoms with Crippen molar-refractivity contribution in [1.82, 2.24) is 19.6 Å². The number of halogens is 2. The maximum atomic E-state index is 13.4. The Labute approximate surface area is 224 Å². The van der Waals surface area contributed by atoms with Crippen molar-refractivity contribution in [1.29, 1.82) is 0 Å². The molecule has 1 amide bonds. The summed E-state index contributed by atoms with van der Waals surface area (Å²) in [6.45, 7) is 4.01. The SMILES string of the molecule is Cc1nn(Cc2ccc(Cl)cc2Cl)c(C)c1NC(=O)c1nn(C23CC4CC(CC(C4)C2)C3)cc1[N+](=O)[O-]. The van der Waals surface area contributed by atoms with Crippen LogP contribution < -0.4 is 5.32 Å². The van der Waals surface area contributed by atoms with Gasteiger partial charge in [0.05, 0.1) is 34.1 Å². The average molecular weight is 543 g/mol. The van der Waals surface area contributed by atoms with Crippen LogP contribution in [-0.4, -0.2) is 30.4 Å². The van der Waals surface area contributed by atoms with Crippen molar-refractivity contribution in [3.8, 4) is 0 Å². The van der Waals surface area contributed by atoms with Gasteiger partial charge < -0.3 is 5.32 Å². The van der Waals surface area contributed by atoms with Crippen LogP contribution >= 0.6 is 23.2 Å². The highest BCUT2D eigenvalue weighted by Gasteiger charge is 2.53. The van der Waals surface area contributed by atoms with E-state index in [9.17, 15) is 14.9 Å². The molecule has 4 aliphatic rings. The van der Waals surface area contributed by atoms with Crippen molar-refractivity contribution in [2.75, 3.05) is 5.32 Å². The molecule has 0 radical (unpaired) electrons. The molecule has 9 nitrogen and oxygen atoms in total. The second-order valence-corrected chi connectivity index (χ2v) is 11.9. The Morgan fingerprint density at radius 3 is 2.38 bits per heavy atom. The number of aryl methyl sites for hydroxylation is 1. The zero-order valence-corrected chi connectivity index (χ0v) is 22.2. The van der Waals surface area contributed by atoms with Gasteiger partial charge in [-0.1, -0.05) is 29.3 Å². The first kappa shape index (κ1) is 24.4. The Balaban J connectivity index is 1.28. The molecule has 4 bridgehead atoms. The normalized spacial score (nSPS) is 26.0. The van der Waals surface area contributed by atoms with Gasteiger partial charge in [0.15, 0.2) is 0 Å². The molecule has 4 aliphatic carbocycles. The van der Waals surface area contributed by atoms with Crippen molar-refractivity contribution in [2.45, 2.75) is 64.5 Å². The summed E-state index contributed by atoms with van der Waals surface area (Å²) in [6.07, 6.45) is 8.18. The number of hydrogen-bond acceptors (Lipinski definition) is 5. The van der Waals surface area contributed by atoms with E-state index in [1.165, 1.54) is 25.5 Å². The predicted molar refractivity (Wildman–Crippen MR) is 140 cm³/mol. The van der Waals surface area contributed by atoms with Crippen LogP contribution in [0.15, 0.2) is 24.4 Å². The van der Waals surface area contributed by atoms with Crippen molar-refractivity contribution >= 4 is 40.5 Å². The molecule has 2 aromatic heterocycles. The molecule has 1 aromatic carbocycles. The fourth-order valence-electron chi connectivity index (χ4n) is 7.26. The summed E-state index contributed by atoms with van der Waals surface area (Å²) in [4.78, 5) is 24.8. The third kappa shape index (κ3) is 4.22. The van der Waals surface area contributed by atoms with Gasteiger partial charge in [-0.25, -0.2) is 0 Å². The van der Waals surface area contributed by atoms with E-state index in [-0.39, 0.29) is 16.9 Å². The van der Waals surface area contributed by atoms with Gasteiger partial charge in [0.25, 0.3) is 5.91 Å². The number of nitrogens with zero attached hydrogens (tertiary/aromatic N) is 5. The zero-order valence-electron chi connectivity index (χ0n) is 20.7. The van der Waals surface area contributed by atoms with Gasteiger partial charge >= 0.3 is 5.69 Å². The topological polar surface area (TPSA) is 108 Å². The first-order valence-corrected chi connectivity index (χ1v) is 13.4. The van der Waals surface area contributed by atoms with Gasteiger partial charge in [0.1, 0.15) is 6.20 Å². The fourth-order valence-corrected chi connectivity index (χ4v) is 7.73. The Kier molecular flexibility index (Phi) is 5.84. The predicted octanol–water partition coefficient (Wildman–Crippen LogP) is 6.14. The third-order valence-electron chi connectivity index (χ3n) is 8.55. The van der Waals surface area contributed by atoms with Crippen LogP contribution in [0, 0.1) is 41.7 Å². The number of nitrogens with one attached hydrogen (secondary N) is 1. The Hall–Kier alpha value is -2.91. The molecule has 37 heavy (non-hydrogen) atoms. The van der Waals surface area contributed by atoms with Gasteiger partial charge in [0.2, 0.25) is 5.69 Å². The lowest BCUT2D eigenvalue weighted by atomic mass is 9.53. The minimum absolute atomic E-state index is 0.159. The molecule has 0 atom stereocenters. The lowest BCUT2D eigenvalue weighted by Crippen LogP contribution is -2.52. The van der Waals surface area contributed by atoms with Crippen LogP contribution in [0.4, 0.5) is 11.4 Å². The Morgan fingerprint density at radius 1 is 1.14 bits per heavy atom.